The number of aryl methyl sites for hydroxylation is 1. The Morgan fingerprint density at radius 3 is 2.78 bits per heavy atom. The molecule has 0 aromatic carbocycles. The van der Waals surface area contributed by atoms with Crippen LogP contribution in [0, 0.1) is 6.92 Å². The quantitative estimate of drug-likeness (QED) is 0.792. The van der Waals surface area contributed by atoms with E-state index < -0.39 is 0 Å². The van der Waals surface area contributed by atoms with Gasteiger partial charge in [-0.05, 0) is 38.1 Å². The van der Waals surface area contributed by atoms with Gasteiger partial charge >= 0.3 is 0 Å². The highest BCUT2D eigenvalue weighted by atomic mass is 15.3. The third kappa shape index (κ3) is 3.67. The van der Waals surface area contributed by atoms with Crippen molar-refractivity contribution < 1.29 is 0 Å². The smallest absolute Gasteiger partial charge is 0.0831 e. The van der Waals surface area contributed by atoms with Crippen LogP contribution in [-0.4, -0.2) is 21.3 Å². The first kappa shape index (κ1) is 12.8. The van der Waals surface area contributed by atoms with Gasteiger partial charge < -0.3 is 5.32 Å². The van der Waals surface area contributed by atoms with Crippen molar-refractivity contribution in [3.63, 3.8) is 0 Å². The van der Waals surface area contributed by atoms with E-state index >= 15 is 0 Å². The first-order chi connectivity index (χ1) is 8.78. The van der Waals surface area contributed by atoms with E-state index in [-0.39, 0.29) is 0 Å². The molecule has 0 saturated heterocycles. The third-order valence-corrected chi connectivity index (χ3v) is 2.70. The lowest BCUT2D eigenvalue weighted by molar-refractivity contribution is 0.642. The summed E-state index contributed by atoms with van der Waals surface area (Å²) < 4.78 is 1.92. The fraction of sp³-hybridized carbons (Fsp3) is 0.429. The molecule has 2 aromatic rings. The molecule has 4 heteroatoms. The van der Waals surface area contributed by atoms with Crippen LogP contribution in [-0.2, 0) is 13.1 Å². The van der Waals surface area contributed by atoms with E-state index in [0.717, 1.165) is 43.1 Å². The zero-order chi connectivity index (χ0) is 12.8. The minimum absolute atomic E-state index is 0.732. The third-order valence-electron chi connectivity index (χ3n) is 2.70. The summed E-state index contributed by atoms with van der Waals surface area (Å²) in [6.45, 7) is 6.76. The summed E-state index contributed by atoms with van der Waals surface area (Å²) in [6, 6.07) is 8.16. The van der Waals surface area contributed by atoms with Gasteiger partial charge in [0.2, 0.25) is 0 Å². The van der Waals surface area contributed by atoms with Gasteiger partial charge in [-0.15, -0.1) is 0 Å². The SMILES string of the molecule is CCCNCc1cccc(Cn2ccc(C)n2)n1. The van der Waals surface area contributed by atoms with Crippen molar-refractivity contribution in [2.24, 2.45) is 0 Å². The van der Waals surface area contributed by atoms with Crippen molar-refractivity contribution >= 4 is 0 Å². The van der Waals surface area contributed by atoms with E-state index in [0.29, 0.717) is 0 Å². The van der Waals surface area contributed by atoms with Crippen LogP contribution in [0.15, 0.2) is 30.5 Å². The minimum atomic E-state index is 0.732. The number of hydrogen-bond donors (Lipinski definition) is 1. The van der Waals surface area contributed by atoms with Gasteiger partial charge in [0.1, 0.15) is 0 Å². The zero-order valence-corrected chi connectivity index (χ0v) is 11.1. The van der Waals surface area contributed by atoms with Crippen molar-refractivity contribution in [1.29, 1.82) is 0 Å². The van der Waals surface area contributed by atoms with Gasteiger partial charge in [-0.1, -0.05) is 13.0 Å². The molecular weight excluding hydrogens is 224 g/mol. The van der Waals surface area contributed by atoms with Crippen LogP contribution in [0.4, 0.5) is 0 Å². The second kappa shape index (κ2) is 6.31. The zero-order valence-electron chi connectivity index (χ0n) is 11.1. The number of hydrogen-bond acceptors (Lipinski definition) is 3. The summed E-state index contributed by atoms with van der Waals surface area (Å²) in [5.41, 5.74) is 3.18. The molecule has 2 heterocycles. The maximum Gasteiger partial charge on any atom is 0.0831 e. The Balaban J connectivity index is 1.98. The van der Waals surface area contributed by atoms with E-state index in [9.17, 15) is 0 Å². The molecule has 0 aliphatic rings. The Morgan fingerprint density at radius 1 is 1.22 bits per heavy atom. The Kier molecular flexibility index (Phi) is 4.47. The number of nitrogens with one attached hydrogen (secondary N) is 1. The molecule has 0 saturated carbocycles. The minimum Gasteiger partial charge on any atom is -0.311 e. The highest BCUT2D eigenvalue weighted by Crippen LogP contribution is 2.03. The molecule has 0 aliphatic carbocycles. The molecule has 2 rings (SSSR count). The van der Waals surface area contributed by atoms with Gasteiger partial charge in [0.05, 0.1) is 23.6 Å². The van der Waals surface area contributed by atoms with Crippen molar-refractivity contribution in [1.82, 2.24) is 20.1 Å². The second-order valence-corrected chi connectivity index (χ2v) is 4.45. The number of aromatic nitrogens is 3. The van der Waals surface area contributed by atoms with Crippen molar-refractivity contribution in [3.8, 4) is 0 Å². The van der Waals surface area contributed by atoms with Crippen LogP contribution >= 0.6 is 0 Å². The lowest BCUT2D eigenvalue weighted by Crippen LogP contribution is -2.15. The largest absolute Gasteiger partial charge is 0.311 e. The molecule has 0 bridgehead atoms. The summed E-state index contributed by atoms with van der Waals surface area (Å²) in [6.07, 6.45) is 3.13. The molecule has 4 nitrogen and oxygen atoms in total. The monoisotopic (exact) mass is 244 g/mol. The lowest BCUT2D eigenvalue weighted by atomic mass is 10.3. The average Bonchev–Trinajstić information content (AvgIpc) is 2.76. The molecule has 0 amide bonds. The fourth-order valence-corrected chi connectivity index (χ4v) is 1.83. The molecular formula is C14H20N4. The second-order valence-electron chi connectivity index (χ2n) is 4.45. The Bertz CT molecular complexity index is 490. The molecule has 0 unspecified atom stereocenters. The molecule has 0 radical (unpaired) electrons. The van der Waals surface area contributed by atoms with Gasteiger partial charge in [-0.3, -0.25) is 9.67 Å². The van der Waals surface area contributed by atoms with Crippen molar-refractivity contribution in [3.05, 3.63) is 47.5 Å². The van der Waals surface area contributed by atoms with Gasteiger partial charge in [0.25, 0.3) is 0 Å². The van der Waals surface area contributed by atoms with Crippen molar-refractivity contribution in [2.75, 3.05) is 6.54 Å². The van der Waals surface area contributed by atoms with E-state index in [1.54, 1.807) is 0 Å². The molecule has 0 fully saturated rings. The molecule has 2 aromatic heterocycles. The topological polar surface area (TPSA) is 42.7 Å². The van der Waals surface area contributed by atoms with Gasteiger partial charge in [-0.2, -0.15) is 5.10 Å². The summed E-state index contributed by atoms with van der Waals surface area (Å²) in [4.78, 5) is 4.63. The molecule has 0 aliphatic heterocycles. The van der Waals surface area contributed by atoms with Gasteiger partial charge in [0, 0.05) is 12.7 Å². The number of nitrogens with zero attached hydrogens (tertiary/aromatic N) is 3. The van der Waals surface area contributed by atoms with Crippen LogP contribution in [0.5, 0.6) is 0 Å². The van der Waals surface area contributed by atoms with Gasteiger partial charge in [0.15, 0.2) is 0 Å². The van der Waals surface area contributed by atoms with Crippen LogP contribution in [0.2, 0.25) is 0 Å². The number of rotatable bonds is 6. The highest BCUT2D eigenvalue weighted by Gasteiger charge is 2.00. The first-order valence-corrected chi connectivity index (χ1v) is 6.43. The summed E-state index contributed by atoms with van der Waals surface area (Å²) in [5.74, 6) is 0. The maximum atomic E-state index is 4.63. The molecule has 0 spiro atoms. The van der Waals surface area contributed by atoms with E-state index in [2.05, 4.69) is 34.5 Å². The van der Waals surface area contributed by atoms with Crippen LogP contribution in [0.1, 0.15) is 30.4 Å². The normalized spacial score (nSPS) is 10.8. The summed E-state index contributed by atoms with van der Waals surface area (Å²) in [7, 11) is 0. The Morgan fingerprint density at radius 2 is 2.06 bits per heavy atom. The molecule has 96 valence electrons. The first-order valence-electron chi connectivity index (χ1n) is 6.43. The van der Waals surface area contributed by atoms with Crippen LogP contribution < -0.4 is 5.32 Å². The summed E-state index contributed by atoms with van der Waals surface area (Å²) >= 11 is 0. The van der Waals surface area contributed by atoms with Crippen molar-refractivity contribution in [2.45, 2.75) is 33.4 Å². The predicted octanol–water partition coefficient (Wildman–Crippen LogP) is 2.13. The molecule has 0 atom stereocenters. The average molecular weight is 244 g/mol. The van der Waals surface area contributed by atoms with E-state index in [1.807, 2.05) is 29.9 Å². The van der Waals surface area contributed by atoms with E-state index in [4.69, 9.17) is 0 Å². The highest BCUT2D eigenvalue weighted by molar-refractivity contribution is 5.11. The molecule has 18 heavy (non-hydrogen) atoms. The Labute approximate surface area is 108 Å². The summed E-state index contributed by atoms with van der Waals surface area (Å²) in [5, 5.41) is 7.73. The van der Waals surface area contributed by atoms with Crippen LogP contribution in [0.3, 0.4) is 0 Å². The fourth-order valence-electron chi connectivity index (χ4n) is 1.83. The molecule has 1 N–H and O–H groups in total. The van der Waals surface area contributed by atoms with Crippen LogP contribution in [0.25, 0.3) is 0 Å². The number of pyridine rings is 1. The standard InChI is InChI=1S/C14H20N4/c1-3-8-15-10-13-5-4-6-14(16-13)11-18-9-7-12(2)17-18/h4-7,9,15H,3,8,10-11H2,1-2H3. The lowest BCUT2D eigenvalue weighted by Gasteiger charge is -2.06. The Hall–Kier alpha value is -1.68. The van der Waals surface area contributed by atoms with E-state index in [1.165, 1.54) is 0 Å². The maximum absolute atomic E-state index is 4.63. The van der Waals surface area contributed by atoms with Gasteiger partial charge in [-0.25, -0.2) is 0 Å². The predicted molar refractivity (Wildman–Crippen MR) is 72.3 cm³/mol.